The Morgan fingerprint density at radius 1 is 0.854 bits per heavy atom. The van der Waals surface area contributed by atoms with Crippen LogP contribution in [-0.2, 0) is 41.5 Å². The Hall–Kier alpha value is -1.66. The second-order valence-electron chi connectivity index (χ2n) is 11.7. The Morgan fingerprint density at radius 3 is 1.83 bits per heavy atom. The van der Waals surface area contributed by atoms with Gasteiger partial charge in [-0.3, -0.25) is 6.08 Å². The average Bonchev–Trinajstić information content (AvgIpc) is 3.61. The number of rotatable bonds is 1. The summed E-state index contributed by atoms with van der Waals surface area (Å²) in [5.74, 6) is 0. The maximum absolute atomic E-state index is 3.72. The second-order valence-corrected chi connectivity index (χ2v) is 11.7. The topological polar surface area (TPSA) is 0 Å². The molecular weight excluding hydrogens is 619 g/mol. The summed E-state index contributed by atoms with van der Waals surface area (Å²) in [5.41, 5.74) is 9.78. The number of hydrogen-bond donors (Lipinski definition) is 0. The molecule has 0 unspecified atom stereocenters. The molecule has 0 nitrogen and oxygen atoms in total. The summed E-state index contributed by atoms with van der Waals surface area (Å²) in [6, 6.07) is 25.0. The van der Waals surface area contributed by atoms with Gasteiger partial charge in [0.15, 0.2) is 0 Å². The van der Waals surface area contributed by atoms with Gasteiger partial charge in [0.25, 0.3) is 0 Å². The van der Waals surface area contributed by atoms with E-state index in [1.54, 1.807) is 0 Å². The summed E-state index contributed by atoms with van der Waals surface area (Å²) >= 11 is 1.30. The second kappa shape index (κ2) is 21.1. The Kier molecular flexibility index (Phi) is 21.3. The van der Waals surface area contributed by atoms with E-state index in [1.165, 1.54) is 64.0 Å². The molecule has 0 aliphatic heterocycles. The molecule has 0 atom stereocenters. The van der Waals surface area contributed by atoms with Gasteiger partial charge in [0, 0.05) is 0 Å². The van der Waals surface area contributed by atoms with Gasteiger partial charge in [-0.1, -0.05) is 84.7 Å². The molecular formula is C38H50Cl2Zr-4. The van der Waals surface area contributed by atoms with E-state index in [1.807, 2.05) is 42.5 Å². The van der Waals surface area contributed by atoms with E-state index in [0.29, 0.717) is 0 Å². The Labute approximate surface area is 280 Å². The molecule has 5 rings (SSSR count). The van der Waals surface area contributed by atoms with Gasteiger partial charge in [0.05, 0.1) is 0 Å². The van der Waals surface area contributed by atoms with Gasteiger partial charge in [-0.05, 0) is 28.4 Å². The van der Waals surface area contributed by atoms with E-state index in [9.17, 15) is 0 Å². The van der Waals surface area contributed by atoms with Gasteiger partial charge in [0.2, 0.25) is 0 Å². The zero-order valence-electron chi connectivity index (χ0n) is 26.3. The molecule has 0 saturated carbocycles. The third-order valence-corrected chi connectivity index (χ3v) is 6.25. The molecule has 0 radical (unpaired) electrons. The predicted molar refractivity (Wildman–Crippen MR) is 185 cm³/mol. The van der Waals surface area contributed by atoms with Crippen LogP contribution < -0.4 is 0 Å². The summed E-state index contributed by atoms with van der Waals surface area (Å²) in [5, 5.41) is 0. The van der Waals surface area contributed by atoms with Crippen LogP contribution in [0.4, 0.5) is 0 Å². The first-order valence-corrected chi connectivity index (χ1v) is 15.6. The van der Waals surface area contributed by atoms with Crippen LogP contribution >= 0.6 is 24.8 Å². The SMILES string of the molecule is CC(C)(C)c1[c-]c2c(cc1)-c1ccc(C(C)(C)C)cc1C2.Cl.Cl.[C-]1=CC=CC1.[CH2-]CCC.[CH2-]c1ccccc1.[CH2]=[Zr]. The molecule has 41 heavy (non-hydrogen) atoms. The monoisotopic (exact) mass is 666 g/mol. The fourth-order valence-corrected chi connectivity index (χ4v) is 3.85. The van der Waals surface area contributed by atoms with Crippen LogP contribution in [0.5, 0.6) is 0 Å². The number of hydrogen-bond acceptors (Lipinski definition) is 0. The number of halogens is 2. The Morgan fingerprint density at radius 2 is 1.44 bits per heavy atom. The molecule has 0 saturated heterocycles. The number of fused-ring (bicyclic) bond motifs is 3. The van der Waals surface area contributed by atoms with Gasteiger partial charge >= 0.3 is 28.4 Å². The Bertz CT molecular complexity index is 1110. The molecule has 0 spiro atoms. The molecule has 3 aromatic carbocycles. The van der Waals surface area contributed by atoms with Gasteiger partial charge < -0.3 is 6.92 Å². The summed E-state index contributed by atoms with van der Waals surface area (Å²) in [7, 11) is 0. The summed E-state index contributed by atoms with van der Waals surface area (Å²) < 4.78 is 3.34. The van der Waals surface area contributed by atoms with E-state index in [2.05, 4.69) is 115 Å². The van der Waals surface area contributed by atoms with Gasteiger partial charge in [-0.2, -0.15) is 60.9 Å². The van der Waals surface area contributed by atoms with Crippen molar-refractivity contribution in [1.82, 2.24) is 0 Å². The first kappa shape index (κ1) is 41.5. The first-order valence-electron chi connectivity index (χ1n) is 13.9. The number of benzene rings is 3. The summed E-state index contributed by atoms with van der Waals surface area (Å²) in [4.78, 5) is 0. The van der Waals surface area contributed by atoms with Crippen molar-refractivity contribution >= 4 is 29.0 Å². The first-order chi connectivity index (χ1) is 18.5. The fraction of sp³-hybridized carbons (Fsp3) is 0.342. The number of allylic oxidation sites excluding steroid dienone is 4. The quantitative estimate of drug-likeness (QED) is 0.177. The number of unbranched alkanes of at least 4 members (excludes halogenated alkanes) is 1. The zero-order valence-corrected chi connectivity index (χ0v) is 30.4. The molecule has 2 aliphatic rings. The molecule has 0 fully saturated rings. The molecule has 3 aromatic rings. The van der Waals surface area contributed by atoms with Crippen molar-refractivity contribution in [3.05, 3.63) is 133 Å². The van der Waals surface area contributed by atoms with Crippen LogP contribution in [-0.4, -0.2) is 4.21 Å². The van der Waals surface area contributed by atoms with Gasteiger partial charge in [-0.25, -0.2) is 12.2 Å². The van der Waals surface area contributed by atoms with E-state index >= 15 is 0 Å². The molecule has 2 aliphatic carbocycles. The van der Waals surface area contributed by atoms with Crippen molar-refractivity contribution in [1.29, 1.82) is 0 Å². The molecule has 224 valence electrons. The van der Waals surface area contributed by atoms with Crippen LogP contribution in [0, 0.1) is 26.0 Å². The van der Waals surface area contributed by atoms with Crippen LogP contribution in [0.1, 0.15) is 95.5 Å². The van der Waals surface area contributed by atoms with Crippen molar-refractivity contribution in [2.45, 2.75) is 85.0 Å². The van der Waals surface area contributed by atoms with Crippen LogP contribution in [0.25, 0.3) is 11.1 Å². The standard InChI is InChI=1S/C21H25.C7H7.C5H5.C4H9.CH2.2ClH.Zr/c1-20(2,3)16-7-9-18-14(12-16)11-15-13-17(21(4,5)6)8-10-19(15)18;1-7-5-3-2-4-6-7;1-2-4-5-3-1;1-3-4-2;;;;/h7-10,12H,11H2,1-6H3;2-6H,1H2;1-3H,4H2;1,3-4H2,2H3;1H2;2*1H;/q4*-1;;;;. The maximum atomic E-state index is 3.72. The molecule has 0 amide bonds. The fourth-order valence-electron chi connectivity index (χ4n) is 3.85. The van der Waals surface area contributed by atoms with Crippen molar-refractivity contribution in [3.63, 3.8) is 0 Å². The average molecular weight is 669 g/mol. The zero-order chi connectivity index (χ0) is 29.5. The van der Waals surface area contributed by atoms with Crippen LogP contribution in [0.15, 0.2) is 78.9 Å². The van der Waals surface area contributed by atoms with E-state index in [0.717, 1.165) is 24.8 Å². The molecule has 0 bridgehead atoms. The minimum atomic E-state index is 0. The predicted octanol–water partition coefficient (Wildman–Crippen LogP) is 11.3. The molecule has 0 aromatic heterocycles. The van der Waals surface area contributed by atoms with E-state index < -0.39 is 0 Å². The minimum absolute atomic E-state index is 0. The van der Waals surface area contributed by atoms with Crippen molar-refractivity contribution < 1.29 is 24.2 Å². The van der Waals surface area contributed by atoms with Gasteiger partial charge in [-0.15, -0.1) is 54.5 Å². The molecule has 3 heteroatoms. The molecule has 0 heterocycles. The van der Waals surface area contributed by atoms with Crippen LogP contribution in [0.3, 0.4) is 0 Å². The van der Waals surface area contributed by atoms with Crippen molar-refractivity contribution in [2.75, 3.05) is 0 Å². The normalized spacial score (nSPS) is 11.6. The summed E-state index contributed by atoms with van der Waals surface area (Å²) in [6.45, 7) is 23.0. The summed E-state index contributed by atoms with van der Waals surface area (Å²) in [6.07, 6.45) is 13.3. The van der Waals surface area contributed by atoms with E-state index in [-0.39, 0.29) is 35.6 Å². The third kappa shape index (κ3) is 14.9. The van der Waals surface area contributed by atoms with Crippen molar-refractivity contribution in [2.24, 2.45) is 0 Å². The molecule has 0 N–H and O–H groups in total. The van der Waals surface area contributed by atoms with Crippen LogP contribution in [0.2, 0.25) is 0 Å². The Balaban J connectivity index is 0. The van der Waals surface area contributed by atoms with Gasteiger partial charge in [0.1, 0.15) is 0 Å². The van der Waals surface area contributed by atoms with E-state index in [4.69, 9.17) is 0 Å². The third-order valence-electron chi connectivity index (χ3n) is 6.25. The van der Waals surface area contributed by atoms with Crippen molar-refractivity contribution in [3.8, 4) is 11.1 Å².